The first-order valence-corrected chi connectivity index (χ1v) is 9.77. The fraction of sp³-hybridized carbons (Fsp3) is 0.381. The molecular formula is C21H24F2N4O3. The average molecular weight is 418 g/mol. The van der Waals surface area contributed by atoms with Crippen LogP contribution in [0.5, 0.6) is 17.2 Å². The molecule has 1 fully saturated rings. The average Bonchev–Trinajstić information content (AvgIpc) is 3.40. The second-order valence-corrected chi connectivity index (χ2v) is 7.04. The fourth-order valence-corrected chi connectivity index (χ4v) is 3.64. The minimum Gasteiger partial charge on any atom is -0.454 e. The molecule has 4 rings (SSSR count). The van der Waals surface area contributed by atoms with Crippen LogP contribution in [-0.2, 0) is 6.54 Å². The zero-order valence-corrected chi connectivity index (χ0v) is 16.6. The van der Waals surface area contributed by atoms with E-state index in [1.807, 2.05) is 29.2 Å². The Hall–Kier alpha value is -3.23. The number of halogens is 2. The number of anilines is 1. The maximum atomic E-state index is 12.7. The molecule has 0 aromatic heterocycles. The topological polar surface area (TPSA) is 67.4 Å². The lowest BCUT2D eigenvalue weighted by atomic mass is 10.2. The van der Waals surface area contributed by atoms with Crippen LogP contribution in [0.15, 0.2) is 47.5 Å². The van der Waals surface area contributed by atoms with Crippen molar-refractivity contribution in [2.45, 2.75) is 25.6 Å². The number of hydrogen-bond donors (Lipinski definition) is 2. The molecule has 0 bridgehead atoms. The van der Waals surface area contributed by atoms with Gasteiger partial charge in [0, 0.05) is 32.7 Å². The summed E-state index contributed by atoms with van der Waals surface area (Å²) in [5, 5.41) is 6.70. The van der Waals surface area contributed by atoms with Crippen molar-refractivity contribution in [1.29, 1.82) is 0 Å². The summed E-state index contributed by atoms with van der Waals surface area (Å²) in [6.07, 6.45) is 0.855. The Labute approximate surface area is 173 Å². The van der Waals surface area contributed by atoms with E-state index in [1.165, 1.54) is 0 Å². The van der Waals surface area contributed by atoms with E-state index >= 15 is 0 Å². The lowest BCUT2D eigenvalue weighted by molar-refractivity contribution is -0.0495. The summed E-state index contributed by atoms with van der Waals surface area (Å²) in [7, 11) is 1.72. The van der Waals surface area contributed by atoms with Crippen molar-refractivity contribution in [2.75, 3.05) is 31.8 Å². The van der Waals surface area contributed by atoms with Crippen molar-refractivity contribution < 1.29 is 23.0 Å². The van der Waals surface area contributed by atoms with Gasteiger partial charge in [-0.3, -0.25) is 4.99 Å². The number of para-hydroxylation sites is 2. The lowest BCUT2D eigenvalue weighted by Gasteiger charge is -2.22. The van der Waals surface area contributed by atoms with Gasteiger partial charge in [0.15, 0.2) is 17.5 Å². The van der Waals surface area contributed by atoms with Crippen LogP contribution in [0.2, 0.25) is 0 Å². The molecule has 7 nitrogen and oxygen atoms in total. The Balaban J connectivity index is 1.32. The van der Waals surface area contributed by atoms with E-state index in [9.17, 15) is 8.78 Å². The number of ether oxygens (including phenoxy) is 3. The van der Waals surface area contributed by atoms with Gasteiger partial charge < -0.3 is 29.7 Å². The number of alkyl halides is 2. The summed E-state index contributed by atoms with van der Waals surface area (Å²) < 4.78 is 40.8. The van der Waals surface area contributed by atoms with Gasteiger partial charge in [-0.25, -0.2) is 0 Å². The maximum Gasteiger partial charge on any atom is 0.387 e. The van der Waals surface area contributed by atoms with E-state index in [2.05, 4.69) is 20.4 Å². The highest BCUT2D eigenvalue weighted by Gasteiger charge is 2.26. The van der Waals surface area contributed by atoms with Gasteiger partial charge in [0.1, 0.15) is 5.75 Å². The number of benzene rings is 2. The van der Waals surface area contributed by atoms with Crippen LogP contribution in [0.25, 0.3) is 0 Å². The Morgan fingerprint density at radius 2 is 2.07 bits per heavy atom. The molecule has 9 heteroatoms. The minimum absolute atomic E-state index is 0.132. The molecule has 30 heavy (non-hydrogen) atoms. The van der Waals surface area contributed by atoms with Gasteiger partial charge in [-0.15, -0.1) is 0 Å². The van der Waals surface area contributed by atoms with Crippen molar-refractivity contribution in [3.63, 3.8) is 0 Å². The number of aliphatic imine (C=N–C) groups is 1. The highest BCUT2D eigenvalue weighted by Crippen LogP contribution is 2.33. The molecule has 0 saturated carbocycles. The summed E-state index contributed by atoms with van der Waals surface area (Å²) in [4.78, 5) is 6.33. The standard InChI is InChI=1S/C21H24F2N4O3/c1-24-21(25-11-14-6-7-18-19(10-14)29-13-28-18)26-15-8-9-27(12-15)16-4-2-3-5-17(16)30-20(22)23/h2-7,10,15,20H,8-9,11-13H2,1H3,(H2,24,25,26). The molecule has 0 spiro atoms. The molecule has 1 saturated heterocycles. The quantitative estimate of drug-likeness (QED) is 0.556. The van der Waals surface area contributed by atoms with Gasteiger partial charge in [-0.1, -0.05) is 18.2 Å². The van der Waals surface area contributed by atoms with E-state index in [0.29, 0.717) is 24.7 Å². The Morgan fingerprint density at radius 1 is 1.23 bits per heavy atom. The maximum absolute atomic E-state index is 12.7. The summed E-state index contributed by atoms with van der Waals surface area (Å²) in [5.41, 5.74) is 1.72. The molecule has 1 unspecified atom stereocenters. The predicted octanol–water partition coefficient (Wildman–Crippen LogP) is 2.96. The van der Waals surface area contributed by atoms with Gasteiger partial charge in [0.25, 0.3) is 0 Å². The van der Waals surface area contributed by atoms with Crippen LogP contribution in [0.3, 0.4) is 0 Å². The van der Waals surface area contributed by atoms with Crippen molar-refractivity contribution in [1.82, 2.24) is 10.6 Å². The van der Waals surface area contributed by atoms with Crippen LogP contribution in [0, 0.1) is 0 Å². The first-order valence-electron chi connectivity index (χ1n) is 9.77. The first kappa shape index (κ1) is 20.1. The molecule has 0 aliphatic carbocycles. The molecule has 2 N–H and O–H groups in total. The molecule has 2 heterocycles. The van der Waals surface area contributed by atoms with Crippen LogP contribution < -0.4 is 29.7 Å². The smallest absolute Gasteiger partial charge is 0.387 e. The molecule has 160 valence electrons. The Bertz CT molecular complexity index is 910. The molecule has 1 atom stereocenters. The first-order chi connectivity index (χ1) is 14.6. The van der Waals surface area contributed by atoms with Crippen LogP contribution in [-0.4, -0.2) is 45.5 Å². The molecule has 0 amide bonds. The van der Waals surface area contributed by atoms with Gasteiger partial charge in [0.2, 0.25) is 6.79 Å². The van der Waals surface area contributed by atoms with Gasteiger partial charge in [-0.2, -0.15) is 8.78 Å². The minimum atomic E-state index is -2.85. The van der Waals surface area contributed by atoms with E-state index in [0.717, 1.165) is 30.0 Å². The molecular weight excluding hydrogens is 394 g/mol. The number of nitrogens with one attached hydrogen (secondary N) is 2. The van der Waals surface area contributed by atoms with Crippen molar-refractivity contribution in [2.24, 2.45) is 4.99 Å². The van der Waals surface area contributed by atoms with Crippen LogP contribution in [0.4, 0.5) is 14.5 Å². The number of hydrogen-bond acceptors (Lipinski definition) is 5. The number of rotatable bonds is 6. The predicted molar refractivity (Wildman–Crippen MR) is 110 cm³/mol. The third-order valence-corrected chi connectivity index (χ3v) is 5.07. The second kappa shape index (κ2) is 9.06. The summed E-state index contributed by atoms with van der Waals surface area (Å²) >= 11 is 0. The fourth-order valence-electron chi connectivity index (χ4n) is 3.64. The monoisotopic (exact) mass is 418 g/mol. The summed E-state index contributed by atoms with van der Waals surface area (Å²) in [5.74, 6) is 2.37. The number of guanidine groups is 1. The summed E-state index contributed by atoms with van der Waals surface area (Å²) in [6.45, 7) is -0.618. The molecule has 2 aliphatic heterocycles. The second-order valence-electron chi connectivity index (χ2n) is 7.04. The van der Waals surface area contributed by atoms with Crippen LogP contribution in [0.1, 0.15) is 12.0 Å². The zero-order valence-electron chi connectivity index (χ0n) is 16.6. The Kier molecular flexibility index (Phi) is 6.06. The van der Waals surface area contributed by atoms with Gasteiger partial charge in [0.05, 0.1) is 5.69 Å². The number of nitrogens with zero attached hydrogens (tertiary/aromatic N) is 2. The normalized spacial score (nSPS) is 18.1. The Morgan fingerprint density at radius 3 is 2.90 bits per heavy atom. The third-order valence-electron chi connectivity index (χ3n) is 5.07. The van der Waals surface area contributed by atoms with E-state index in [-0.39, 0.29) is 18.6 Å². The molecule has 2 aromatic rings. The van der Waals surface area contributed by atoms with Crippen molar-refractivity contribution >= 4 is 11.6 Å². The third kappa shape index (κ3) is 4.67. The highest BCUT2D eigenvalue weighted by atomic mass is 19.3. The largest absolute Gasteiger partial charge is 0.454 e. The van der Waals surface area contributed by atoms with Crippen molar-refractivity contribution in [3.05, 3.63) is 48.0 Å². The summed E-state index contributed by atoms with van der Waals surface area (Å²) in [6, 6.07) is 12.8. The van der Waals surface area contributed by atoms with Crippen molar-refractivity contribution in [3.8, 4) is 17.2 Å². The molecule has 0 radical (unpaired) electrons. The highest BCUT2D eigenvalue weighted by molar-refractivity contribution is 5.80. The molecule has 2 aromatic carbocycles. The van der Waals surface area contributed by atoms with Gasteiger partial charge in [-0.05, 0) is 36.2 Å². The van der Waals surface area contributed by atoms with E-state index < -0.39 is 6.61 Å². The lowest BCUT2D eigenvalue weighted by Crippen LogP contribution is -2.44. The van der Waals surface area contributed by atoms with E-state index in [1.54, 1.807) is 25.2 Å². The zero-order chi connectivity index (χ0) is 20.9. The number of fused-ring (bicyclic) bond motifs is 1. The molecule has 2 aliphatic rings. The van der Waals surface area contributed by atoms with Crippen LogP contribution >= 0.6 is 0 Å². The SMILES string of the molecule is CN=C(NCc1ccc2c(c1)OCO2)NC1CCN(c2ccccc2OC(F)F)C1. The van der Waals surface area contributed by atoms with Gasteiger partial charge >= 0.3 is 6.61 Å². The van der Waals surface area contributed by atoms with E-state index in [4.69, 9.17) is 9.47 Å².